The maximum atomic E-state index is 8.89. The fourth-order valence-electron chi connectivity index (χ4n) is 0. The summed E-state index contributed by atoms with van der Waals surface area (Å²) >= 11 is 0. The molecular formula is C8H12IrNaO8. The molecule has 0 atom stereocenters. The third kappa shape index (κ3) is 14800. The second kappa shape index (κ2) is 30.0. The Morgan fingerprint density at radius 1 is 0.556 bits per heavy atom. The van der Waals surface area contributed by atoms with Gasteiger partial charge in [-0.25, -0.2) is 0 Å². The summed E-state index contributed by atoms with van der Waals surface area (Å²) < 4.78 is 0. The van der Waals surface area contributed by atoms with Crippen molar-refractivity contribution in [3.8, 4) is 0 Å². The van der Waals surface area contributed by atoms with Crippen LogP contribution in [0.2, 0.25) is 0 Å². The van der Waals surface area contributed by atoms with Crippen LogP contribution in [0.1, 0.15) is 27.7 Å². The van der Waals surface area contributed by atoms with E-state index in [1.165, 1.54) is 0 Å². The average molecular weight is 451 g/mol. The fraction of sp³-hybridized carbons (Fsp3) is 0.500. The topological polar surface area (TPSA) is 161 Å². The summed E-state index contributed by atoms with van der Waals surface area (Å²) in [5.74, 6) is -4.33. The Hall–Kier alpha value is -0.471. The molecule has 0 radical (unpaired) electrons. The molecule has 0 rings (SSSR count). The van der Waals surface area contributed by atoms with E-state index in [0.717, 1.165) is 27.7 Å². The van der Waals surface area contributed by atoms with E-state index in [4.69, 9.17) is 39.6 Å². The summed E-state index contributed by atoms with van der Waals surface area (Å²) in [4.78, 5) is 35.6. The number of aliphatic carboxylic acids is 4. The standard InChI is InChI=1S/4C2H4O2.Ir.Na/c4*1-2(3)4;;/h4*1H3,(H,3,4);;/q;;;;+3;+1/p-4. The van der Waals surface area contributed by atoms with Crippen molar-refractivity contribution < 1.29 is 89.3 Å². The summed E-state index contributed by atoms with van der Waals surface area (Å²) in [6.45, 7) is 3.89. The van der Waals surface area contributed by atoms with Gasteiger partial charge in [0.1, 0.15) is 0 Å². The molecule has 0 aliphatic carbocycles. The molecule has 0 aliphatic rings. The van der Waals surface area contributed by atoms with E-state index in [-0.39, 0.29) is 49.7 Å². The van der Waals surface area contributed by atoms with Crippen LogP contribution in [-0.2, 0) is 39.3 Å². The van der Waals surface area contributed by atoms with Crippen molar-refractivity contribution in [1.29, 1.82) is 0 Å². The molecule has 0 N–H and O–H groups in total. The van der Waals surface area contributed by atoms with E-state index in [0.29, 0.717) is 0 Å². The number of carbonyl (C=O) groups excluding carboxylic acids is 4. The largest absolute Gasteiger partial charge is 3.00 e. The summed E-state index contributed by atoms with van der Waals surface area (Å²) in [6.07, 6.45) is 0. The van der Waals surface area contributed by atoms with Crippen LogP contribution in [0.5, 0.6) is 0 Å². The average Bonchev–Trinajstić information content (AvgIpc) is 1.76. The third-order valence-electron chi connectivity index (χ3n) is 0. The van der Waals surface area contributed by atoms with Crippen LogP contribution >= 0.6 is 0 Å². The molecule has 0 amide bonds. The molecule has 0 unspecified atom stereocenters. The first-order chi connectivity index (χ1) is 6.93. The number of hydrogen-bond acceptors (Lipinski definition) is 8. The monoisotopic (exact) mass is 452 g/mol. The Balaban J connectivity index is -0.0000000257. The Kier molecular flexibility index (Phi) is 60.0. The van der Waals surface area contributed by atoms with Gasteiger partial charge in [0, 0.05) is 23.9 Å². The van der Waals surface area contributed by atoms with Gasteiger partial charge in [0.15, 0.2) is 0 Å². The zero-order chi connectivity index (χ0) is 14.3. The Labute approximate surface area is 140 Å². The van der Waals surface area contributed by atoms with Crippen LogP contribution in [0.4, 0.5) is 0 Å². The first-order valence-corrected chi connectivity index (χ1v) is 3.63. The van der Waals surface area contributed by atoms with Gasteiger partial charge in [-0.05, 0) is 27.7 Å². The molecule has 0 heterocycles. The molecule has 102 valence electrons. The molecule has 10 heteroatoms. The second-order valence-electron chi connectivity index (χ2n) is 1.97. The molecule has 0 fully saturated rings. The molecule has 0 aromatic heterocycles. The number of carboxylic acid groups (broad SMARTS) is 4. The van der Waals surface area contributed by atoms with Gasteiger partial charge in [-0.15, -0.1) is 0 Å². The Bertz CT molecular complexity index is 167. The van der Waals surface area contributed by atoms with E-state index in [2.05, 4.69) is 0 Å². The zero-order valence-corrected chi connectivity index (χ0v) is 15.0. The SMILES string of the molecule is CC(=O)[O-].CC(=O)[O-].CC(=O)[O-].CC(=O)[O-].[Ir+3].[Na+]. The van der Waals surface area contributed by atoms with Gasteiger partial charge in [0.25, 0.3) is 0 Å². The second-order valence-corrected chi connectivity index (χ2v) is 1.97. The van der Waals surface area contributed by atoms with E-state index in [9.17, 15) is 0 Å². The molecule has 0 spiro atoms. The van der Waals surface area contributed by atoms with E-state index in [1.807, 2.05) is 0 Å². The summed E-state index contributed by atoms with van der Waals surface area (Å²) in [7, 11) is 0. The number of hydrogen-bond donors (Lipinski definition) is 0. The van der Waals surface area contributed by atoms with E-state index in [1.54, 1.807) is 0 Å². The maximum absolute atomic E-state index is 8.89. The van der Waals surface area contributed by atoms with Crippen molar-refractivity contribution in [3.05, 3.63) is 0 Å². The smallest absolute Gasteiger partial charge is 0.550 e. The van der Waals surface area contributed by atoms with Crippen LogP contribution in [-0.4, -0.2) is 23.9 Å². The van der Waals surface area contributed by atoms with Crippen molar-refractivity contribution >= 4 is 23.9 Å². The molecule has 0 saturated heterocycles. The predicted octanol–water partition coefficient (Wildman–Crippen LogP) is -7.97. The van der Waals surface area contributed by atoms with Crippen molar-refractivity contribution in [2.75, 3.05) is 0 Å². The first kappa shape index (κ1) is 36.0. The van der Waals surface area contributed by atoms with Gasteiger partial charge in [-0.2, -0.15) is 0 Å². The molecule has 18 heavy (non-hydrogen) atoms. The molecule has 0 aromatic rings. The molecule has 0 bridgehead atoms. The van der Waals surface area contributed by atoms with Gasteiger partial charge < -0.3 is 39.6 Å². The Morgan fingerprint density at radius 3 is 0.556 bits per heavy atom. The first-order valence-electron chi connectivity index (χ1n) is 3.63. The van der Waals surface area contributed by atoms with Gasteiger partial charge in [0.05, 0.1) is 0 Å². The molecule has 8 nitrogen and oxygen atoms in total. The summed E-state index contributed by atoms with van der Waals surface area (Å²) in [5.41, 5.74) is 0. The number of carboxylic acids is 4. The van der Waals surface area contributed by atoms with Crippen LogP contribution in [0.25, 0.3) is 0 Å². The van der Waals surface area contributed by atoms with Crippen LogP contribution in [0.15, 0.2) is 0 Å². The van der Waals surface area contributed by atoms with Crippen molar-refractivity contribution in [1.82, 2.24) is 0 Å². The molecular weight excluding hydrogens is 439 g/mol. The minimum atomic E-state index is -1.08. The third-order valence-corrected chi connectivity index (χ3v) is 0. The van der Waals surface area contributed by atoms with E-state index < -0.39 is 23.9 Å². The van der Waals surface area contributed by atoms with Gasteiger partial charge >= 0.3 is 49.7 Å². The fourth-order valence-corrected chi connectivity index (χ4v) is 0. The molecule has 0 aromatic carbocycles. The van der Waals surface area contributed by atoms with Gasteiger partial charge in [-0.1, -0.05) is 0 Å². The summed E-state index contributed by atoms with van der Waals surface area (Å²) in [6, 6.07) is 0. The normalized spacial score (nSPS) is 5.56. The quantitative estimate of drug-likeness (QED) is 0.328. The van der Waals surface area contributed by atoms with Crippen molar-refractivity contribution in [3.63, 3.8) is 0 Å². The van der Waals surface area contributed by atoms with Crippen LogP contribution < -0.4 is 50.0 Å². The molecule has 0 saturated carbocycles. The van der Waals surface area contributed by atoms with Crippen molar-refractivity contribution in [2.24, 2.45) is 0 Å². The minimum Gasteiger partial charge on any atom is -0.550 e. The van der Waals surface area contributed by atoms with E-state index >= 15 is 0 Å². The maximum Gasteiger partial charge on any atom is 3.00 e. The predicted molar refractivity (Wildman–Crippen MR) is 42.7 cm³/mol. The van der Waals surface area contributed by atoms with Gasteiger partial charge in [-0.3, -0.25) is 0 Å². The zero-order valence-electron chi connectivity index (χ0n) is 10.6. The number of carbonyl (C=O) groups is 4. The minimum absolute atomic E-state index is 0. The molecule has 0 aliphatic heterocycles. The van der Waals surface area contributed by atoms with Crippen LogP contribution in [0, 0.1) is 0 Å². The van der Waals surface area contributed by atoms with Crippen molar-refractivity contribution in [2.45, 2.75) is 27.7 Å². The van der Waals surface area contributed by atoms with Gasteiger partial charge in [0.2, 0.25) is 0 Å². The Morgan fingerprint density at radius 2 is 0.556 bits per heavy atom. The number of rotatable bonds is 0. The van der Waals surface area contributed by atoms with Crippen LogP contribution in [0.3, 0.4) is 0 Å². The summed E-state index contributed by atoms with van der Waals surface area (Å²) in [5, 5.41) is 35.6.